The predicted octanol–water partition coefficient (Wildman–Crippen LogP) is 2.63. The van der Waals surface area contributed by atoms with E-state index in [4.69, 9.17) is 16.7 Å². The van der Waals surface area contributed by atoms with Crippen LogP contribution < -0.4 is 5.32 Å². The number of benzene rings is 1. The lowest BCUT2D eigenvalue weighted by molar-refractivity contribution is 0.0696. The number of carboxylic acids is 1. The summed E-state index contributed by atoms with van der Waals surface area (Å²) in [4.78, 5) is 22.7. The van der Waals surface area contributed by atoms with E-state index in [9.17, 15) is 9.59 Å². The molecule has 6 heteroatoms. The van der Waals surface area contributed by atoms with E-state index < -0.39 is 5.97 Å². The topological polar surface area (TPSA) is 71.3 Å². The Morgan fingerprint density at radius 2 is 2.05 bits per heavy atom. The molecule has 1 amide bonds. The number of carbonyl (C=O) groups excluding carboxylic acids is 1. The van der Waals surface area contributed by atoms with Gasteiger partial charge in [-0.1, -0.05) is 11.6 Å². The van der Waals surface area contributed by atoms with Gasteiger partial charge in [-0.25, -0.2) is 4.79 Å². The van der Waals surface area contributed by atoms with E-state index in [0.717, 1.165) is 0 Å². The van der Waals surface area contributed by atoms with Gasteiger partial charge in [0.05, 0.1) is 16.3 Å². The summed E-state index contributed by atoms with van der Waals surface area (Å²) < 4.78 is 1.68. The van der Waals surface area contributed by atoms with Crippen LogP contribution in [0.4, 0.5) is 5.69 Å². The van der Waals surface area contributed by atoms with Crippen LogP contribution in [0.5, 0.6) is 0 Å². The highest BCUT2D eigenvalue weighted by Gasteiger charge is 2.12. The maximum atomic E-state index is 12.0. The number of halogens is 1. The van der Waals surface area contributed by atoms with Crippen molar-refractivity contribution in [1.82, 2.24) is 4.57 Å². The van der Waals surface area contributed by atoms with E-state index in [1.807, 2.05) is 0 Å². The summed E-state index contributed by atoms with van der Waals surface area (Å²) in [6.07, 6.45) is 1.75. The van der Waals surface area contributed by atoms with Gasteiger partial charge in [-0.3, -0.25) is 4.79 Å². The fraction of sp³-hybridized carbons (Fsp3) is 0.0769. The van der Waals surface area contributed by atoms with Gasteiger partial charge < -0.3 is 15.0 Å². The third-order valence-electron chi connectivity index (χ3n) is 2.64. The molecular formula is C13H11ClN2O3. The van der Waals surface area contributed by atoms with Crippen molar-refractivity contribution in [2.45, 2.75) is 0 Å². The molecule has 19 heavy (non-hydrogen) atoms. The van der Waals surface area contributed by atoms with E-state index in [2.05, 4.69) is 5.32 Å². The van der Waals surface area contributed by atoms with Crippen LogP contribution in [0.3, 0.4) is 0 Å². The van der Waals surface area contributed by atoms with Crippen LogP contribution in [0.1, 0.15) is 20.8 Å². The first kappa shape index (κ1) is 13.2. The molecule has 2 rings (SSSR count). The molecule has 0 bridgehead atoms. The molecule has 0 spiro atoms. The Hall–Kier alpha value is -2.27. The molecule has 0 atom stereocenters. The minimum atomic E-state index is -1.07. The van der Waals surface area contributed by atoms with Gasteiger partial charge in [-0.2, -0.15) is 0 Å². The minimum Gasteiger partial charge on any atom is -0.478 e. The number of aryl methyl sites for hydroxylation is 1. The van der Waals surface area contributed by atoms with Crippen LogP contribution in [-0.2, 0) is 7.05 Å². The molecule has 0 aliphatic carbocycles. The molecular weight excluding hydrogens is 268 g/mol. The first-order valence-corrected chi connectivity index (χ1v) is 5.82. The average molecular weight is 279 g/mol. The Morgan fingerprint density at radius 1 is 1.32 bits per heavy atom. The maximum absolute atomic E-state index is 12.0. The first-order chi connectivity index (χ1) is 8.99. The molecule has 0 aliphatic rings. The van der Waals surface area contributed by atoms with Crippen LogP contribution in [0, 0.1) is 0 Å². The zero-order valence-corrected chi connectivity index (χ0v) is 10.8. The molecule has 1 aromatic carbocycles. The number of carbonyl (C=O) groups is 2. The van der Waals surface area contributed by atoms with Crippen molar-refractivity contribution < 1.29 is 14.7 Å². The Bertz CT molecular complexity index is 649. The molecule has 1 heterocycles. The number of hydrogen-bond acceptors (Lipinski definition) is 2. The number of aromatic nitrogens is 1. The SMILES string of the molecule is Cn1cccc1C(=O)Nc1ccc(C(=O)O)cc1Cl. The largest absolute Gasteiger partial charge is 0.478 e. The molecule has 5 nitrogen and oxygen atoms in total. The highest BCUT2D eigenvalue weighted by atomic mass is 35.5. The number of nitrogens with one attached hydrogen (secondary N) is 1. The number of rotatable bonds is 3. The molecule has 0 radical (unpaired) electrons. The molecule has 0 fully saturated rings. The Morgan fingerprint density at radius 3 is 2.58 bits per heavy atom. The monoisotopic (exact) mass is 278 g/mol. The zero-order chi connectivity index (χ0) is 14.0. The van der Waals surface area contributed by atoms with Crippen molar-refractivity contribution in [2.24, 2.45) is 7.05 Å². The second-order valence-electron chi connectivity index (χ2n) is 3.96. The summed E-state index contributed by atoms with van der Waals surface area (Å²) >= 11 is 5.93. The van der Waals surface area contributed by atoms with Gasteiger partial charge in [0, 0.05) is 13.2 Å². The van der Waals surface area contributed by atoms with Crippen molar-refractivity contribution in [3.05, 3.63) is 52.8 Å². The van der Waals surface area contributed by atoms with Crippen LogP contribution >= 0.6 is 11.6 Å². The molecule has 2 aromatic rings. The normalized spacial score (nSPS) is 10.2. The molecule has 0 unspecified atom stereocenters. The molecule has 2 N–H and O–H groups in total. The Labute approximate surface area is 114 Å². The summed E-state index contributed by atoms with van der Waals surface area (Å²) in [6.45, 7) is 0. The van der Waals surface area contributed by atoms with Crippen LogP contribution in [0.15, 0.2) is 36.5 Å². The van der Waals surface area contributed by atoms with Gasteiger partial charge in [0.25, 0.3) is 5.91 Å². The lowest BCUT2D eigenvalue weighted by Crippen LogP contribution is -2.15. The minimum absolute atomic E-state index is 0.0712. The lowest BCUT2D eigenvalue weighted by atomic mass is 10.2. The van der Waals surface area contributed by atoms with E-state index in [-0.39, 0.29) is 16.5 Å². The molecule has 0 saturated carbocycles. The summed E-state index contributed by atoms with van der Waals surface area (Å²) in [6, 6.07) is 7.57. The van der Waals surface area contributed by atoms with Gasteiger partial charge in [-0.15, -0.1) is 0 Å². The highest BCUT2D eigenvalue weighted by molar-refractivity contribution is 6.34. The van der Waals surface area contributed by atoms with Gasteiger partial charge in [0.1, 0.15) is 5.69 Å². The number of amides is 1. The summed E-state index contributed by atoms with van der Waals surface area (Å²) in [5, 5.41) is 11.6. The third-order valence-corrected chi connectivity index (χ3v) is 2.95. The molecule has 0 aliphatic heterocycles. The second-order valence-corrected chi connectivity index (χ2v) is 4.37. The molecule has 98 valence electrons. The maximum Gasteiger partial charge on any atom is 0.335 e. The average Bonchev–Trinajstić information content (AvgIpc) is 2.77. The quantitative estimate of drug-likeness (QED) is 0.906. The van der Waals surface area contributed by atoms with E-state index >= 15 is 0 Å². The van der Waals surface area contributed by atoms with Gasteiger partial charge >= 0.3 is 5.97 Å². The number of nitrogens with zero attached hydrogens (tertiary/aromatic N) is 1. The van der Waals surface area contributed by atoms with Gasteiger partial charge in [0.15, 0.2) is 0 Å². The second kappa shape index (κ2) is 5.16. The fourth-order valence-corrected chi connectivity index (χ4v) is 1.86. The highest BCUT2D eigenvalue weighted by Crippen LogP contribution is 2.23. The first-order valence-electron chi connectivity index (χ1n) is 5.44. The van der Waals surface area contributed by atoms with Crippen LogP contribution in [-0.4, -0.2) is 21.6 Å². The van der Waals surface area contributed by atoms with Gasteiger partial charge in [-0.05, 0) is 30.3 Å². The number of aromatic carboxylic acids is 1. The summed E-state index contributed by atoms with van der Waals surface area (Å²) in [7, 11) is 1.75. The third kappa shape index (κ3) is 2.77. The summed E-state index contributed by atoms with van der Waals surface area (Å²) in [5.74, 6) is -1.38. The van der Waals surface area contributed by atoms with E-state index in [1.54, 1.807) is 29.9 Å². The van der Waals surface area contributed by atoms with E-state index in [1.165, 1.54) is 18.2 Å². The van der Waals surface area contributed by atoms with Crippen LogP contribution in [0.25, 0.3) is 0 Å². The Balaban J connectivity index is 2.23. The van der Waals surface area contributed by atoms with Crippen molar-refractivity contribution >= 4 is 29.2 Å². The molecule has 1 aromatic heterocycles. The molecule has 0 saturated heterocycles. The van der Waals surface area contributed by atoms with E-state index in [0.29, 0.717) is 11.4 Å². The zero-order valence-electron chi connectivity index (χ0n) is 10.1. The Kier molecular flexibility index (Phi) is 3.57. The lowest BCUT2D eigenvalue weighted by Gasteiger charge is -2.08. The summed E-state index contributed by atoms with van der Waals surface area (Å²) in [5.41, 5.74) is 0.929. The number of hydrogen-bond donors (Lipinski definition) is 2. The van der Waals surface area contributed by atoms with Crippen molar-refractivity contribution in [3.8, 4) is 0 Å². The number of anilines is 1. The van der Waals surface area contributed by atoms with Gasteiger partial charge in [0.2, 0.25) is 0 Å². The van der Waals surface area contributed by atoms with Crippen LogP contribution in [0.2, 0.25) is 5.02 Å². The van der Waals surface area contributed by atoms with Crippen molar-refractivity contribution in [3.63, 3.8) is 0 Å². The van der Waals surface area contributed by atoms with Crippen molar-refractivity contribution in [1.29, 1.82) is 0 Å². The fourth-order valence-electron chi connectivity index (χ4n) is 1.63. The smallest absolute Gasteiger partial charge is 0.335 e. The standard InChI is InChI=1S/C13H11ClN2O3/c1-16-6-2-3-11(16)12(17)15-10-5-4-8(13(18)19)7-9(10)14/h2-7H,1H3,(H,15,17)(H,18,19). The van der Waals surface area contributed by atoms with Crippen molar-refractivity contribution in [2.75, 3.05) is 5.32 Å². The predicted molar refractivity (Wildman–Crippen MR) is 71.8 cm³/mol. The number of carboxylic acid groups (broad SMARTS) is 1.